The first-order valence-electron chi connectivity index (χ1n) is 9.20. The highest BCUT2D eigenvalue weighted by Gasteiger charge is 2.11. The second-order valence-electron chi connectivity index (χ2n) is 6.04. The summed E-state index contributed by atoms with van der Waals surface area (Å²) in [6, 6.07) is 12.0. The number of carbonyl (C=O) groups is 1. The predicted octanol–water partition coefficient (Wildman–Crippen LogP) is 4.21. The lowest BCUT2D eigenvalue weighted by atomic mass is 10.0. The summed E-state index contributed by atoms with van der Waals surface area (Å²) in [7, 11) is 0. The van der Waals surface area contributed by atoms with Gasteiger partial charge in [-0.05, 0) is 36.1 Å². The molecule has 0 fully saturated rings. The molecule has 1 aromatic carbocycles. The van der Waals surface area contributed by atoms with Crippen LogP contribution in [-0.4, -0.2) is 26.8 Å². The SMILES string of the molecule is CCc1cccc(CC)c1Nc1nnc(SCC(=O)NCc2ccccn2)s1. The molecule has 0 radical (unpaired) electrons. The topological polar surface area (TPSA) is 79.8 Å². The normalized spacial score (nSPS) is 10.6. The third-order valence-electron chi connectivity index (χ3n) is 4.16. The second kappa shape index (κ2) is 10.2. The molecule has 2 heterocycles. The van der Waals surface area contributed by atoms with Crippen molar-refractivity contribution in [1.82, 2.24) is 20.5 Å². The van der Waals surface area contributed by atoms with Gasteiger partial charge in [0.15, 0.2) is 4.34 Å². The van der Waals surface area contributed by atoms with Gasteiger partial charge in [0.2, 0.25) is 11.0 Å². The highest BCUT2D eigenvalue weighted by atomic mass is 32.2. The summed E-state index contributed by atoms with van der Waals surface area (Å²) in [6.07, 6.45) is 3.62. The Bertz CT molecular complexity index is 892. The number of amides is 1. The maximum Gasteiger partial charge on any atom is 0.230 e. The fourth-order valence-electron chi connectivity index (χ4n) is 2.70. The Labute approximate surface area is 173 Å². The molecule has 146 valence electrons. The highest BCUT2D eigenvalue weighted by Crippen LogP contribution is 2.31. The molecule has 0 saturated heterocycles. The summed E-state index contributed by atoms with van der Waals surface area (Å²) in [5.74, 6) is 0.248. The van der Waals surface area contributed by atoms with Crippen molar-refractivity contribution in [2.75, 3.05) is 11.1 Å². The second-order valence-corrected chi connectivity index (χ2v) is 8.24. The van der Waals surface area contributed by atoms with Crippen LogP contribution in [0, 0.1) is 0 Å². The van der Waals surface area contributed by atoms with E-state index < -0.39 is 0 Å². The lowest BCUT2D eigenvalue weighted by molar-refractivity contribution is -0.118. The minimum Gasteiger partial charge on any atom is -0.350 e. The van der Waals surface area contributed by atoms with Gasteiger partial charge in [0, 0.05) is 11.9 Å². The van der Waals surface area contributed by atoms with Gasteiger partial charge < -0.3 is 10.6 Å². The number of pyridine rings is 1. The monoisotopic (exact) mass is 413 g/mol. The molecule has 3 aromatic rings. The number of rotatable bonds is 9. The van der Waals surface area contributed by atoms with Gasteiger partial charge in [0.25, 0.3) is 0 Å². The fourth-order valence-corrected chi connectivity index (χ4v) is 4.29. The summed E-state index contributed by atoms with van der Waals surface area (Å²) in [6.45, 7) is 4.71. The van der Waals surface area contributed by atoms with Crippen LogP contribution in [0.5, 0.6) is 0 Å². The van der Waals surface area contributed by atoms with Crippen LogP contribution in [0.15, 0.2) is 46.9 Å². The summed E-state index contributed by atoms with van der Waals surface area (Å²) in [5, 5.41) is 15.4. The van der Waals surface area contributed by atoms with Crippen molar-refractivity contribution in [3.8, 4) is 0 Å². The van der Waals surface area contributed by atoms with E-state index in [0.29, 0.717) is 12.3 Å². The molecular formula is C20H23N5OS2. The number of thioether (sulfide) groups is 1. The number of aryl methyl sites for hydroxylation is 2. The standard InChI is InChI=1S/C20H23N5OS2/c1-3-14-8-7-9-15(4-2)18(14)23-19-24-25-20(28-19)27-13-17(26)22-12-16-10-5-6-11-21-16/h5-11H,3-4,12-13H2,1-2H3,(H,22,26)(H,23,24). The number of benzene rings is 1. The van der Waals surface area contributed by atoms with Crippen LogP contribution in [0.25, 0.3) is 0 Å². The van der Waals surface area contributed by atoms with Gasteiger partial charge in [-0.3, -0.25) is 9.78 Å². The molecule has 0 aliphatic heterocycles. The van der Waals surface area contributed by atoms with E-state index in [1.165, 1.54) is 34.2 Å². The predicted molar refractivity (Wildman–Crippen MR) is 115 cm³/mol. The molecule has 6 nitrogen and oxygen atoms in total. The number of hydrogen-bond donors (Lipinski definition) is 2. The molecule has 8 heteroatoms. The molecule has 0 spiro atoms. The van der Waals surface area contributed by atoms with E-state index in [1.807, 2.05) is 18.2 Å². The zero-order valence-corrected chi connectivity index (χ0v) is 17.6. The first-order valence-corrected chi connectivity index (χ1v) is 11.0. The number of para-hydroxylation sites is 1. The molecule has 0 saturated carbocycles. The highest BCUT2D eigenvalue weighted by molar-refractivity contribution is 8.01. The quantitative estimate of drug-likeness (QED) is 0.512. The van der Waals surface area contributed by atoms with Crippen molar-refractivity contribution >= 4 is 39.8 Å². The van der Waals surface area contributed by atoms with Gasteiger partial charge in [-0.15, -0.1) is 10.2 Å². The summed E-state index contributed by atoms with van der Waals surface area (Å²) >= 11 is 2.85. The van der Waals surface area contributed by atoms with Crippen LogP contribution in [0.2, 0.25) is 0 Å². The third-order valence-corrected chi connectivity index (χ3v) is 6.13. The average Bonchev–Trinajstić information content (AvgIpc) is 3.19. The Morgan fingerprint density at radius 3 is 2.54 bits per heavy atom. The van der Waals surface area contributed by atoms with Gasteiger partial charge in [-0.25, -0.2) is 0 Å². The fraction of sp³-hybridized carbons (Fsp3) is 0.300. The minimum atomic E-state index is -0.0510. The number of nitrogens with one attached hydrogen (secondary N) is 2. The number of anilines is 2. The summed E-state index contributed by atoms with van der Waals surface area (Å²) in [5.41, 5.74) is 4.48. The molecule has 2 aromatic heterocycles. The molecule has 0 bridgehead atoms. The van der Waals surface area contributed by atoms with Gasteiger partial charge in [-0.1, -0.05) is 61.2 Å². The van der Waals surface area contributed by atoms with Gasteiger partial charge in [-0.2, -0.15) is 0 Å². The molecule has 3 rings (SSSR count). The zero-order chi connectivity index (χ0) is 19.8. The zero-order valence-electron chi connectivity index (χ0n) is 15.9. The lowest BCUT2D eigenvalue weighted by Gasteiger charge is -2.13. The van der Waals surface area contributed by atoms with E-state index >= 15 is 0 Å². The molecule has 0 unspecified atom stereocenters. The van der Waals surface area contributed by atoms with Crippen LogP contribution in [0.3, 0.4) is 0 Å². The number of hydrogen-bond acceptors (Lipinski definition) is 7. The lowest BCUT2D eigenvalue weighted by Crippen LogP contribution is -2.24. The number of carbonyl (C=O) groups excluding carboxylic acids is 1. The Morgan fingerprint density at radius 2 is 1.86 bits per heavy atom. The maximum atomic E-state index is 12.0. The van der Waals surface area contributed by atoms with E-state index in [2.05, 4.69) is 57.9 Å². The van der Waals surface area contributed by atoms with Gasteiger partial charge >= 0.3 is 0 Å². The molecule has 0 atom stereocenters. The Morgan fingerprint density at radius 1 is 1.07 bits per heavy atom. The Kier molecular flexibility index (Phi) is 7.39. The van der Waals surface area contributed by atoms with Crippen LogP contribution >= 0.6 is 23.1 Å². The first kappa shape index (κ1) is 20.3. The van der Waals surface area contributed by atoms with Crippen LogP contribution in [0.1, 0.15) is 30.7 Å². The minimum absolute atomic E-state index is 0.0510. The van der Waals surface area contributed by atoms with E-state index in [1.54, 1.807) is 6.20 Å². The van der Waals surface area contributed by atoms with E-state index in [4.69, 9.17) is 0 Å². The van der Waals surface area contributed by atoms with Crippen molar-refractivity contribution in [3.63, 3.8) is 0 Å². The molecule has 0 aliphatic carbocycles. The van der Waals surface area contributed by atoms with Crippen molar-refractivity contribution in [2.24, 2.45) is 0 Å². The Hall–Kier alpha value is -2.45. The molecule has 28 heavy (non-hydrogen) atoms. The van der Waals surface area contributed by atoms with Gasteiger partial charge in [0.05, 0.1) is 18.0 Å². The van der Waals surface area contributed by atoms with Crippen molar-refractivity contribution in [2.45, 2.75) is 37.6 Å². The largest absolute Gasteiger partial charge is 0.350 e. The maximum absolute atomic E-state index is 12.0. The van der Waals surface area contributed by atoms with E-state index in [-0.39, 0.29) is 5.91 Å². The molecular weight excluding hydrogens is 390 g/mol. The summed E-state index contributed by atoms with van der Waals surface area (Å²) < 4.78 is 0.766. The molecule has 2 N–H and O–H groups in total. The average molecular weight is 414 g/mol. The van der Waals surface area contributed by atoms with Gasteiger partial charge in [0.1, 0.15) is 0 Å². The van der Waals surface area contributed by atoms with Crippen LogP contribution < -0.4 is 10.6 Å². The number of nitrogens with zero attached hydrogens (tertiary/aromatic N) is 3. The molecule has 0 aliphatic rings. The third kappa shape index (κ3) is 5.53. The number of aromatic nitrogens is 3. The molecule has 1 amide bonds. The van der Waals surface area contributed by atoms with Crippen molar-refractivity contribution in [1.29, 1.82) is 0 Å². The van der Waals surface area contributed by atoms with E-state index in [0.717, 1.165) is 33.7 Å². The van der Waals surface area contributed by atoms with Crippen molar-refractivity contribution in [3.05, 3.63) is 59.4 Å². The van der Waals surface area contributed by atoms with Crippen LogP contribution in [-0.2, 0) is 24.2 Å². The van der Waals surface area contributed by atoms with Crippen molar-refractivity contribution < 1.29 is 4.79 Å². The first-order chi connectivity index (χ1) is 13.7. The summed E-state index contributed by atoms with van der Waals surface area (Å²) in [4.78, 5) is 16.2. The van der Waals surface area contributed by atoms with Crippen LogP contribution in [0.4, 0.5) is 10.8 Å². The Balaban J connectivity index is 1.54. The smallest absolute Gasteiger partial charge is 0.230 e. The van der Waals surface area contributed by atoms with E-state index in [9.17, 15) is 4.79 Å².